The molecule has 14 heavy (non-hydrogen) atoms. The molecule has 1 N–H and O–H groups in total. The third-order valence-electron chi connectivity index (χ3n) is 2.02. The fourth-order valence-corrected chi connectivity index (χ4v) is 1.34. The standard InChI is InChI=1S/C10H18N2O2/c1-5-10(14)12(7(2)3)9(6-11)8(4)13/h6-7,9,11H,5H2,1-4H3. The van der Waals surface area contributed by atoms with Gasteiger partial charge in [-0.05, 0) is 20.8 Å². The summed E-state index contributed by atoms with van der Waals surface area (Å²) < 4.78 is 0. The molecule has 4 heteroatoms. The number of hydrogen-bond acceptors (Lipinski definition) is 3. The molecule has 0 aromatic carbocycles. The lowest BCUT2D eigenvalue weighted by Crippen LogP contribution is -2.48. The van der Waals surface area contributed by atoms with Gasteiger partial charge in [0, 0.05) is 18.7 Å². The average Bonchev–Trinajstić information content (AvgIpc) is 2.11. The van der Waals surface area contributed by atoms with Crippen molar-refractivity contribution in [2.24, 2.45) is 0 Å². The van der Waals surface area contributed by atoms with E-state index in [1.54, 1.807) is 6.92 Å². The fraction of sp³-hybridized carbons (Fsp3) is 0.700. The Bertz CT molecular complexity index is 236. The minimum Gasteiger partial charge on any atom is -0.325 e. The molecular formula is C10H18N2O2. The molecule has 0 aromatic rings. The van der Waals surface area contributed by atoms with Gasteiger partial charge in [-0.1, -0.05) is 6.92 Å². The van der Waals surface area contributed by atoms with Crippen LogP contribution in [-0.2, 0) is 9.59 Å². The Morgan fingerprint density at radius 3 is 2.14 bits per heavy atom. The van der Waals surface area contributed by atoms with E-state index in [0.717, 1.165) is 6.21 Å². The molecule has 0 aromatic heterocycles. The molecule has 0 spiro atoms. The Morgan fingerprint density at radius 1 is 1.43 bits per heavy atom. The average molecular weight is 198 g/mol. The van der Waals surface area contributed by atoms with E-state index >= 15 is 0 Å². The monoisotopic (exact) mass is 198 g/mol. The number of nitrogens with zero attached hydrogens (tertiary/aromatic N) is 1. The summed E-state index contributed by atoms with van der Waals surface area (Å²) in [4.78, 5) is 24.2. The molecule has 1 atom stereocenters. The minimum atomic E-state index is -0.706. The van der Waals surface area contributed by atoms with E-state index in [2.05, 4.69) is 0 Å². The fourth-order valence-electron chi connectivity index (χ4n) is 1.34. The highest BCUT2D eigenvalue weighted by molar-refractivity contribution is 6.00. The van der Waals surface area contributed by atoms with Crippen molar-refractivity contribution >= 4 is 17.9 Å². The van der Waals surface area contributed by atoms with E-state index < -0.39 is 6.04 Å². The van der Waals surface area contributed by atoms with E-state index in [4.69, 9.17) is 5.41 Å². The Labute approximate surface area is 84.8 Å². The first-order valence-corrected chi connectivity index (χ1v) is 4.77. The van der Waals surface area contributed by atoms with Crippen molar-refractivity contribution < 1.29 is 9.59 Å². The molecule has 0 radical (unpaired) electrons. The quantitative estimate of drug-likeness (QED) is 0.675. The van der Waals surface area contributed by atoms with Crippen LogP contribution in [0, 0.1) is 5.41 Å². The van der Waals surface area contributed by atoms with Gasteiger partial charge < -0.3 is 10.3 Å². The zero-order valence-corrected chi connectivity index (χ0v) is 9.20. The van der Waals surface area contributed by atoms with Crippen LogP contribution >= 0.6 is 0 Å². The maximum absolute atomic E-state index is 11.5. The second-order valence-electron chi connectivity index (χ2n) is 3.47. The molecule has 0 aliphatic rings. The zero-order valence-electron chi connectivity index (χ0n) is 9.20. The Morgan fingerprint density at radius 2 is 1.93 bits per heavy atom. The van der Waals surface area contributed by atoms with Crippen LogP contribution in [0.4, 0.5) is 0 Å². The molecular weight excluding hydrogens is 180 g/mol. The van der Waals surface area contributed by atoms with Crippen LogP contribution in [-0.4, -0.2) is 34.9 Å². The Hall–Kier alpha value is -1.19. The summed E-state index contributed by atoms with van der Waals surface area (Å²) in [6, 6.07) is -0.764. The van der Waals surface area contributed by atoms with Crippen molar-refractivity contribution in [2.45, 2.75) is 46.2 Å². The SMILES string of the molecule is CCC(=O)N(C(C)C)C(C=N)C(C)=O. The third-order valence-corrected chi connectivity index (χ3v) is 2.02. The highest BCUT2D eigenvalue weighted by Gasteiger charge is 2.26. The largest absolute Gasteiger partial charge is 0.325 e. The number of Topliss-reactive ketones (excluding diaryl/α,β-unsaturated/α-hetero) is 1. The Kier molecular flexibility index (Phi) is 5.05. The summed E-state index contributed by atoms with van der Waals surface area (Å²) in [6.07, 6.45) is 1.38. The second-order valence-corrected chi connectivity index (χ2v) is 3.47. The summed E-state index contributed by atoms with van der Waals surface area (Å²) in [5, 5.41) is 7.14. The lowest BCUT2D eigenvalue weighted by molar-refractivity contribution is -0.138. The first-order valence-electron chi connectivity index (χ1n) is 4.77. The summed E-state index contributed by atoms with van der Waals surface area (Å²) in [7, 11) is 0. The minimum absolute atomic E-state index is 0.0575. The molecule has 0 bridgehead atoms. The van der Waals surface area contributed by atoms with Crippen molar-refractivity contribution in [3.05, 3.63) is 0 Å². The van der Waals surface area contributed by atoms with Crippen molar-refractivity contribution in [1.29, 1.82) is 5.41 Å². The molecule has 0 saturated carbocycles. The zero-order chi connectivity index (χ0) is 11.3. The molecule has 0 saturated heterocycles. The lowest BCUT2D eigenvalue weighted by Gasteiger charge is -2.30. The van der Waals surface area contributed by atoms with Crippen molar-refractivity contribution in [3.8, 4) is 0 Å². The van der Waals surface area contributed by atoms with Crippen LogP contribution in [0.25, 0.3) is 0 Å². The predicted octanol–water partition coefficient (Wildman–Crippen LogP) is 1.24. The van der Waals surface area contributed by atoms with Gasteiger partial charge in [0.2, 0.25) is 5.91 Å². The normalized spacial score (nSPS) is 12.4. The van der Waals surface area contributed by atoms with E-state index in [0.29, 0.717) is 6.42 Å². The maximum Gasteiger partial charge on any atom is 0.223 e. The van der Waals surface area contributed by atoms with Crippen LogP contribution in [0.2, 0.25) is 0 Å². The first kappa shape index (κ1) is 12.8. The van der Waals surface area contributed by atoms with Gasteiger partial charge in [-0.15, -0.1) is 0 Å². The van der Waals surface area contributed by atoms with Crippen molar-refractivity contribution in [2.75, 3.05) is 0 Å². The number of amides is 1. The smallest absolute Gasteiger partial charge is 0.223 e. The number of nitrogens with one attached hydrogen (secondary N) is 1. The van der Waals surface area contributed by atoms with Crippen LogP contribution < -0.4 is 0 Å². The van der Waals surface area contributed by atoms with E-state index in [-0.39, 0.29) is 17.7 Å². The number of ketones is 1. The summed E-state index contributed by atoms with van der Waals surface area (Å²) in [5.74, 6) is -0.265. The summed E-state index contributed by atoms with van der Waals surface area (Å²) in [5.41, 5.74) is 0. The highest BCUT2D eigenvalue weighted by Crippen LogP contribution is 2.07. The van der Waals surface area contributed by atoms with Gasteiger partial charge in [0.15, 0.2) is 5.78 Å². The Balaban J connectivity index is 4.87. The van der Waals surface area contributed by atoms with Gasteiger partial charge in [-0.2, -0.15) is 0 Å². The molecule has 0 aliphatic carbocycles. The maximum atomic E-state index is 11.5. The van der Waals surface area contributed by atoms with Crippen LogP contribution in [0.15, 0.2) is 0 Å². The van der Waals surface area contributed by atoms with Gasteiger partial charge in [0.05, 0.1) is 0 Å². The summed E-state index contributed by atoms with van der Waals surface area (Å²) in [6.45, 7) is 6.83. The second kappa shape index (κ2) is 5.52. The van der Waals surface area contributed by atoms with Gasteiger partial charge in [-0.3, -0.25) is 9.59 Å². The molecule has 0 heterocycles. The van der Waals surface area contributed by atoms with Crippen LogP contribution in [0.3, 0.4) is 0 Å². The number of rotatable bonds is 5. The van der Waals surface area contributed by atoms with Crippen molar-refractivity contribution in [1.82, 2.24) is 4.90 Å². The van der Waals surface area contributed by atoms with E-state index in [1.165, 1.54) is 11.8 Å². The van der Waals surface area contributed by atoms with Gasteiger partial charge in [-0.25, -0.2) is 0 Å². The van der Waals surface area contributed by atoms with Gasteiger partial charge in [0.25, 0.3) is 0 Å². The third kappa shape index (κ3) is 2.94. The van der Waals surface area contributed by atoms with E-state index in [1.807, 2.05) is 13.8 Å². The molecule has 1 unspecified atom stereocenters. The van der Waals surface area contributed by atoms with Gasteiger partial charge in [0.1, 0.15) is 6.04 Å². The van der Waals surface area contributed by atoms with Crippen LogP contribution in [0.1, 0.15) is 34.1 Å². The molecule has 1 amide bonds. The molecule has 0 rings (SSSR count). The number of hydrogen-bond donors (Lipinski definition) is 1. The predicted molar refractivity (Wildman–Crippen MR) is 55.5 cm³/mol. The summed E-state index contributed by atoms with van der Waals surface area (Å²) >= 11 is 0. The molecule has 0 fully saturated rings. The molecule has 0 aliphatic heterocycles. The number of carbonyl (C=O) groups excluding carboxylic acids is 2. The van der Waals surface area contributed by atoms with Crippen LogP contribution in [0.5, 0.6) is 0 Å². The lowest BCUT2D eigenvalue weighted by atomic mass is 10.1. The number of carbonyl (C=O) groups is 2. The van der Waals surface area contributed by atoms with Gasteiger partial charge >= 0.3 is 0 Å². The van der Waals surface area contributed by atoms with Crippen molar-refractivity contribution in [3.63, 3.8) is 0 Å². The van der Waals surface area contributed by atoms with E-state index in [9.17, 15) is 9.59 Å². The first-order chi connectivity index (χ1) is 6.45. The molecule has 80 valence electrons. The highest BCUT2D eigenvalue weighted by atomic mass is 16.2. The molecule has 4 nitrogen and oxygen atoms in total. The topological polar surface area (TPSA) is 61.2 Å².